The van der Waals surface area contributed by atoms with Crippen LogP contribution >= 0.6 is 15.9 Å². The Morgan fingerprint density at radius 1 is 0.636 bits per heavy atom. The summed E-state index contributed by atoms with van der Waals surface area (Å²) in [5.74, 6) is -0.00213. The van der Waals surface area contributed by atoms with Crippen molar-refractivity contribution in [3.8, 4) is 0 Å². The van der Waals surface area contributed by atoms with Crippen molar-refractivity contribution >= 4 is 27.7 Å². The number of esters is 1. The Balaban J connectivity index is -0.000000473. The third-order valence-electron chi connectivity index (χ3n) is 3.03. The van der Waals surface area contributed by atoms with Crippen molar-refractivity contribution in [1.82, 2.24) is 0 Å². The zero-order valence-electron chi connectivity index (χ0n) is 20.0. The number of aliphatic hydroxyl groups is 3. The second-order valence-corrected chi connectivity index (χ2v) is 6.72. The molecule has 0 radical (unpaired) electrons. The molecule has 200 valence electrons. The smallest absolute Gasteiger partial charge is 0.308 e. The standard InChI is InChI=1S/C11H22O6.C6H14O4.C4H7BrO/c1-2-17-11(13)3-5-14-7-9-16-10-8-15-6-4-12;7-1-3-9-5-6-10-4-2-8;1-4(6)2-3-5/h12H,2-10H2,1H3;7-8H,1-6H2;2-3H2,1H3. The summed E-state index contributed by atoms with van der Waals surface area (Å²) in [4.78, 5) is 20.9. The highest BCUT2D eigenvalue weighted by molar-refractivity contribution is 9.09. The van der Waals surface area contributed by atoms with Crippen LogP contribution in [0.4, 0.5) is 0 Å². The third kappa shape index (κ3) is 45.5. The maximum atomic E-state index is 10.9. The molecule has 11 nitrogen and oxygen atoms in total. The molecule has 0 aromatic rings. The highest BCUT2D eigenvalue weighted by Crippen LogP contribution is 1.88. The van der Waals surface area contributed by atoms with Crippen LogP contribution in [-0.2, 0) is 38.0 Å². The number of alkyl halides is 1. The van der Waals surface area contributed by atoms with Gasteiger partial charge in [0, 0.05) is 11.8 Å². The largest absolute Gasteiger partial charge is 0.466 e. The van der Waals surface area contributed by atoms with E-state index in [0.29, 0.717) is 79.1 Å². The fourth-order valence-corrected chi connectivity index (χ4v) is 2.14. The molecule has 12 heteroatoms. The first-order valence-corrected chi connectivity index (χ1v) is 12.0. The topological polar surface area (TPSA) is 150 Å². The molecular weight excluding hydrogens is 508 g/mol. The Morgan fingerprint density at radius 3 is 1.27 bits per heavy atom. The van der Waals surface area contributed by atoms with E-state index in [2.05, 4.69) is 15.9 Å². The average Bonchev–Trinajstić information content (AvgIpc) is 2.78. The van der Waals surface area contributed by atoms with Crippen LogP contribution in [0.1, 0.15) is 26.7 Å². The van der Waals surface area contributed by atoms with Gasteiger partial charge in [-0.15, -0.1) is 0 Å². The molecule has 0 unspecified atom stereocenters. The molecule has 0 amide bonds. The summed E-state index contributed by atoms with van der Waals surface area (Å²) in [5.41, 5.74) is 0. The van der Waals surface area contributed by atoms with Gasteiger partial charge in [-0.25, -0.2) is 0 Å². The van der Waals surface area contributed by atoms with Crippen LogP contribution in [0.25, 0.3) is 0 Å². The number of hydrogen-bond donors (Lipinski definition) is 3. The van der Waals surface area contributed by atoms with Gasteiger partial charge in [-0.1, -0.05) is 15.9 Å². The highest BCUT2D eigenvalue weighted by Gasteiger charge is 2.00. The summed E-state index contributed by atoms with van der Waals surface area (Å²) in [6.45, 7) is 8.03. The van der Waals surface area contributed by atoms with Crippen LogP contribution < -0.4 is 0 Å². The van der Waals surface area contributed by atoms with Gasteiger partial charge in [0.2, 0.25) is 0 Å². The van der Waals surface area contributed by atoms with Gasteiger partial charge in [-0.3, -0.25) is 9.59 Å². The fourth-order valence-electron chi connectivity index (χ4n) is 1.58. The molecule has 0 saturated carbocycles. The van der Waals surface area contributed by atoms with E-state index in [4.69, 9.17) is 43.7 Å². The lowest BCUT2D eigenvalue weighted by Crippen LogP contribution is -2.13. The number of ketones is 1. The zero-order valence-corrected chi connectivity index (χ0v) is 21.6. The molecule has 0 aromatic heterocycles. The van der Waals surface area contributed by atoms with Crippen LogP contribution in [0.5, 0.6) is 0 Å². The van der Waals surface area contributed by atoms with E-state index >= 15 is 0 Å². The maximum Gasteiger partial charge on any atom is 0.308 e. The molecule has 0 spiro atoms. The summed E-state index contributed by atoms with van der Waals surface area (Å²) >= 11 is 3.13. The van der Waals surface area contributed by atoms with Crippen LogP contribution in [-0.4, -0.2) is 125 Å². The number of hydrogen-bond acceptors (Lipinski definition) is 11. The van der Waals surface area contributed by atoms with Crippen LogP contribution in [0.3, 0.4) is 0 Å². The first kappa shape index (κ1) is 36.9. The summed E-state index contributed by atoms with van der Waals surface area (Å²) in [7, 11) is 0. The number of carbonyl (C=O) groups is 2. The predicted octanol–water partition coefficient (Wildman–Crippen LogP) is 0.346. The monoisotopic (exact) mass is 550 g/mol. The summed E-state index contributed by atoms with van der Waals surface area (Å²) in [5, 5.41) is 25.7. The average molecular weight is 551 g/mol. The van der Waals surface area contributed by atoms with Crippen LogP contribution in [0.15, 0.2) is 0 Å². The van der Waals surface area contributed by atoms with E-state index in [-0.39, 0.29) is 38.0 Å². The lowest BCUT2D eigenvalue weighted by Gasteiger charge is -2.06. The first-order chi connectivity index (χ1) is 16.0. The lowest BCUT2D eigenvalue weighted by molar-refractivity contribution is -0.144. The van der Waals surface area contributed by atoms with E-state index in [1.165, 1.54) is 0 Å². The third-order valence-corrected chi connectivity index (χ3v) is 3.42. The van der Waals surface area contributed by atoms with Crippen molar-refractivity contribution in [1.29, 1.82) is 0 Å². The summed E-state index contributed by atoms with van der Waals surface area (Å²) in [6.07, 6.45) is 0.924. The molecule has 0 rings (SSSR count). The Bertz CT molecular complexity index is 379. The van der Waals surface area contributed by atoms with Gasteiger partial charge in [0.25, 0.3) is 0 Å². The Kier molecular flexibility index (Phi) is 40.1. The molecule has 0 heterocycles. The van der Waals surface area contributed by atoms with Crippen molar-refractivity contribution in [2.45, 2.75) is 26.7 Å². The van der Waals surface area contributed by atoms with Crippen molar-refractivity contribution in [3.05, 3.63) is 0 Å². The van der Waals surface area contributed by atoms with Gasteiger partial charge in [-0.05, 0) is 13.8 Å². The number of halogens is 1. The molecule has 0 fully saturated rings. The van der Waals surface area contributed by atoms with Crippen molar-refractivity contribution in [2.75, 3.05) is 97.8 Å². The van der Waals surface area contributed by atoms with Gasteiger partial charge >= 0.3 is 5.97 Å². The molecule has 0 aliphatic carbocycles. The molecule has 0 saturated heterocycles. The zero-order chi connectivity index (χ0) is 25.4. The normalized spacial score (nSPS) is 10.0. The predicted molar refractivity (Wildman–Crippen MR) is 126 cm³/mol. The van der Waals surface area contributed by atoms with Gasteiger partial charge in [-0.2, -0.15) is 0 Å². The number of Topliss-reactive ketones (excluding diaryl/α,β-unsaturated/α-hetero) is 1. The lowest BCUT2D eigenvalue weighted by atomic mass is 10.4. The minimum absolute atomic E-state index is 0.0248. The van der Waals surface area contributed by atoms with Crippen LogP contribution in [0, 0.1) is 0 Å². The number of rotatable bonds is 21. The minimum Gasteiger partial charge on any atom is -0.466 e. The second-order valence-electron chi connectivity index (χ2n) is 5.93. The molecular formula is C21H43BrO11. The molecule has 0 atom stereocenters. The van der Waals surface area contributed by atoms with Gasteiger partial charge in [0.05, 0.1) is 98.9 Å². The van der Waals surface area contributed by atoms with Crippen molar-refractivity contribution in [2.24, 2.45) is 0 Å². The first-order valence-electron chi connectivity index (χ1n) is 10.9. The number of ether oxygens (including phenoxy) is 6. The summed E-state index contributed by atoms with van der Waals surface area (Å²) in [6, 6.07) is 0. The Morgan fingerprint density at radius 2 is 1.00 bits per heavy atom. The van der Waals surface area contributed by atoms with Crippen molar-refractivity contribution < 1.29 is 53.3 Å². The summed E-state index contributed by atoms with van der Waals surface area (Å²) < 4.78 is 29.8. The van der Waals surface area contributed by atoms with Gasteiger partial charge in [0.15, 0.2) is 0 Å². The fraction of sp³-hybridized carbons (Fsp3) is 0.905. The number of aliphatic hydroxyl groups excluding tert-OH is 3. The number of carbonyl (C=O) groups excluding carboxylic acids is 2. The molecule has 0 aliphatic rings. The Hall–Kier alpha value is -0.700. The molecule has 0 aliphatic heterocycles. The molecule has 0 bridgehead atoms. The highest BCUT2D eigenvalue weighted by atomic mass is 79.9. The quantitative estimate of drug-likeness (QED) is 0.103. The Labute approximate surface area is 205 Å². The van der Waals surface area contributed by atoms with Gasteiger partial charge < -0.3 is 43.7 Å². The maximum absolute atomic E-state index is 10.9. The van der Waals surface area contributed by atoms with E-state index in [9.17, 15) is 9.59 Å². The molecule has 33 heavy (non-hydrogen) atoms. The van der Waals surface area contributed by atoms with Gasteiger partial charge in [0.1, 0.15) is 5.78 Å². The van der Waals surface area contributed by atoms with E-state index in [1.54, 1.807) is 13.8 Å². The van der Waals surface area contributed by atoms with Crippen LogP contribution in [0.2, 0.25) is 0 Å². The van der Waals surface area contributed by atoms with E-state index in [1.807, 2.05) is 0 Å². The van der Waals surface area contributed by atoms with E-state index in [0.717, 1.165) is 5.33 Å². The minimum atomic E-state index is -0.245. The molecule has 0 aromatic carbocycles. The molecule has 3 N–H and O–H groups in total. The second kappa shape index (κ2) is 35.9. The van der Waals surface area contributed by atoms with E-state index < -0.39 is 0 Å². The SMILES string of the molecule is CC(=O)CCBr.CCOC(=O)CCOCCOCCOCCO.OCCOCCOCCO. The van der Waals surface area contributed by atoms with Crippen molar-refractivity contribution in [3.63, 3.8) is 0 Å².